The topological polar surface area (TPSA) is 73.6 Å². The van der Waals surface area contributed by atoms with Gasteiger partial charge in [0.2, 0.25) is 0 Å². The van der Waals surface area contributed by atoms with E-state index in [2.05, 4.69) is 10.9 Å². The summed E-state index contributed by atoms with van der Waals surface area (Å²) < 4.78 is 0. The van der Waals surface area contributed by atoms with Gasteiger partial charge < -0.3 is 9.94 Å². The highest BCUT2D eigenvalue weighted by Gasteiger charge is 2.37. The summed E-state index contributed by atoms with van der Waals surface area (Å²) in [6.07, 6.45) is -0.166. The maximum absolute atomic E-state index is 10.4. The van der Waals surface area contributed by atoms with Crippen molar-refractivity contribution < 1.29 is 14.7 Å². The van der Waals surface area contributed by atoms with Crippen LogP contribution in [0.2, 0.25) is 0 Å². The molecule has 0 atom stereocenters. The molecule has 0 aromatic heterocycles. The van der Waals surface area contributed by atoms with Gasteiger partial charge in [-0.3, -0.25) is 0 Å². The van der Waals surface area contributed by atoms with Gasteiger partial charge in [0.1, 0.15) is 0 Å². The molecule has 1 fully saturated rings. The van der Waals surface area contributed by atoms with Crippen LogP contribution in [-0.4, -0.2) is 29.4 Å². The van der Waals surface area contributed by atoms with Crippen molar-refractivity contribution in [3.05, 3.63) is 35.9 Å². The summed E-state index contributed by atoms with van der Waals surface area (Å²) in [5.41, 5.74) is 0.460. The zero-order valence-corrected chi connectivity index (χ0v) is 9.87. The minimum atomic E-state index is -1.31. The van der Waals surface area contributed by atoms with Crippen molar-refractivity contribution in [2.24, 2.45) is 0 Å². The van der Waals surface area contributed by atoms with Gasteiger partial charge in [-0.2, -0.15) is 5.26 Å². The van der Waals surface area contributed by atoms with Gasteiger partial charge in [-0.1, -0.05) is 30.3 Å². The van der Waals surface area contributed by atoms with Crippen molar-refractivity contribution in [3.8, 4) is 6.07 Å². The molecule has 1 aliphatic rings. The summed E-state index contributed by atoms with van der Waals surface area (Å²) in [7, 11) is 0. The van der Waals surface area contributed by atoms with Crippen LogP contribution in [0.1, 0.15) is 18.4 Å². The molecule has 0 bridgehead atoms. The molecule has 0 aliphatic carbocycles. The van der Waals surface area contributed by atoms with Crippen LogP contribution in [0.4, 0.5) is 4.79 Å². The second-order valence-corrected chi connectivity index (χ2v) is 4.35. The highest BCUT2D eigenvalue weighted by Crippen LogP contribution is 2.34. The van der Waals surface area contributed by atoms with E-state index in [9.17, 15) is 10.1 Å². The Kier molecular flexibility index (Phi) is 3.49. The quantitative estimate of drug-likeness (QED) is 0.865. The van der Waals surface area contributed by atoms with E-state index in [0.717, 1.165) is 5.56 Å². The minimum Gasteiger partial charge on any atom is -0.448 e. The third-order valence-corrected chi connectivity index (χ3v) is 3.32. The molecule has 1 N–H and O–H groups in total. The van der Waals surface area contributed by atoms with E-state index in [1.54, 1.807) is 0 Å². The number of carbonyl (C=O) groups is 1. The fraction of sp³-hybridized carbons (Fsp3) is 0.385. The summed E-state index contributed by atoms with van der Waals surface area (Å²) in [4.78, 5) is 15.0. The SMILES string of the molecule is N#CC1(c2ccccc2)CCN(OC(=O)O)CC1. The van der Waals surface area contributed by atoms with Crippen LogP contribution in [0.25, 0.3) is 0 Å². The first-order chi connectivity index (χ1) is 8.66. The largest absolute Gasteiger partial charge is 0.525 e. The Morgan fingerprint density at radius 2 is 1.94 bits per heavy atom. The first kappa shape index (κ1) is 12.4. The zero-order valence-electron chi connectivity index (χ0n) is 9.87. The van der Waals surface area contributed by atoms with Crippen LogP contribution in [0, 0.1) is 11.3 Å². The molecule has 0 saturated carbocycles. The molecule has 1 aliphatic heterocycles. The predicted octanol–water partition coefficient (Wildman–Crippen LogP) is 2.15. The molecular formula is C13H14N2O3. The van der Waals surface area contributed by atoms with E-state index in [1.165, 1.54) is 5.06 Å². The van der Waals surface area contributed by atoms with Gasteiger partial charge in [0.25, 0.3) is 0 Å². The van der Waals surface area contributed by atoms with E-state index in [0.29, 0.717) is 25.9 Å². The second-order valence-electron chi connectivity index (χ2n) is 4.35. The van der Waals surface area contributed by atoms with Crippen LogP contribution < -0.4 is 0 Å². The molecule has 2 rings (SSSR count). The number of hydroxylamine groups is 2. The smallest absolute Gasteiger partial charge is 0.448 e. The summed E-state index contributed by atoms with van der Waals surface area (Å²) in [6, 6.07) is 12.0. The molecule has 1 heterocycles. The minimum absolute atomic E-state index is 0.439. The lowest BCUT2D eigenvalue weighted by Crippen LogP contribution is -2.42. The average Bonchev–Trinajstić information content (AvgIpc) is 2.40. The number of carboxylic acid groups (broad SMARTS) is 1. The zero-order chi connectivity index (χ0) is 13.0. The number of hydrogen-bond donors (Lipinski definition) is 1. The van der Waals surface area contributed by atoms with Crippen LogP contribution in [0.3, 0.4) is 0 Å². The Hall–Kier alpha value is -2.06. The van der Waals surface area contributed by atoms with Crippen LogP contribution in [0.15, 0.2) is 30.3 Å². The van der Waals surface area contributed by atoms with Crippen LogP contribution >= 0.6 is 0 Å². The highest BCUT2D eigenvalue weighted by atomic mass is 16.8. The maximum atomic E-state index is 10.4. The summed E-state index contributed by atoms with van der Waals surface area (Å²) in [6.45, 7) is 0.878. The van der Waals surface area contributed by atoms with Crippen molar-refractivity contribution in [2.75, 3.05) is 13.1 Å². The predicted molar refractivity (Wildman–Crippen MR) is 63.6 cm³/mol. The van der Waals surface area contributed by atoms with Gasteiger partial charge in [0.15, 0.2) is 0 Å². The monoisotopic (exact) mass is 246 g/mol. The summed E-state index contributed by atoms with van der Waals surface area (Å²) in [5.74, 6) is 0. The second kappa shape index (κ2) is 5.07. The Labute approximate surface area is 105 Å². The Bertz CT molecular complexity index is 459. The first-order valence-electron chi connectivity index (χ1n) is 5.79. The fourth-order valence-electron chi connectivity index (χ4n) is 2.29. The van der Waals surface area contributed by atoms with E-state index >= 15 is 0 Å². The van der Waals surface area contributed by atoms with E-state index in [-0.39, 0.29) is 0 Å². The standard InChI is InChI=1S/C13H14N2O3/c14-10-13(11-4-2-1-3-5-11)6-8-15(9-7-13)18-12(16)17/h1-5H,6-9H2,(H,16,17). The number of piperidine rings is 1. The van der Waals surface area contributed by atoms with Crippen molar-refractivity contribution in [3.63, 3.8) is 0 Å². The molecule has 94 valence electrons. The van der Waals surface area contributed by atoms with Gasteiger partial charge in [0.05, 0.1) is 11.5 Å². The van der Waals surface area contributed by atoms with Crippen molar-refractivity contribution in [1.29, 1.82) is 5.26 Å². The van der Waals surface area contributed by atoms with Crippen molar-refractivity contribution in [1.82, 2.24) is 5.06 Å². The van der Waals surface area contributed by atoms with Crippen LogP contribution in [0.5, 0.6) is 0 Å². The first-order valence-corrected chi connectivity index (χ1v) is 5.79. The Morgan fingerprint density at radius 1 is 1.33 bits per heavy atom. The molecule has 0 amide bonds. The van der Waals surface area contributed by atoms with Gasteiger partial charge in [-0.05, 0) is 18.4 Å². The number of hydrogen-bond acceptors (Lipinski definition) is 4. The molecule has 18 heavy (non-hydrogen) atoms. The molecule has 5 nitrogen and oxygen atoms in total. The van der Waals surface area contributed by atoms with Gasteiger partial charge in [-0.25, -0.2) is 4.79 Å². The number of nitrogens with zero attached hydrogens (tertiary/aromatic N) is 2. The maximum Gasteiger partial charge on any atom is 0.525 e. The average molecular weight is 246 g/mol. The third kappa shape index (κ3) is 2.44. The normalized spacial score (nSPS) is 18.8. The number of rotatable bonds is 2. The summed E-state index contributed by atoms with van der Waals surface area (Å²) >= 11 is 0. The number of nitriles is 1. The Balaban J connectivity index is 2.10. The van der Waals surface area contributed by atoms with Gasteiger partial charge in [0, 0.05) is 13.1 Å². The molecule has 0 spiro atoms. The van der Waals surface area contributed by atoms with Crippen LogP contribution in [-0.2, 0) is 10.3 Å². The fourth-order valence-corrected chi connectivity index (χ4v) is 2.29. The highest BCUT2D eigenvalue weighted by molar-refractivity contribution is 5.56. The van der Waals surface area contributed by atoms with Gasteiger partial charge in [-0.15, -0.1) is 5.06 Å². The van der Waals surface area contributed by atoms with E-state index < -0.39 is 11.6 Å². The molecular weight excluding hydrogens is 232 g/mol. The van der Waals surface area contributed by atoms with E-state index in [1.807, 2.05) is 30.3 Å². The van der Waals surface area contributed by atoms with Crippen molar-refractivity contribution >= 4 is 6.16 Å². The molecule has 1 aromatic rings. The lowest BCUT2D eigenvalue weighted by molar-refractivity contribution is -0.135. The molecule has 5 heteroatoms. The lowest BCUT2D eigenvalue weighted by atomic mass is 9.74. The molecule has 1 saturated heterocycles. The van der Waals surface area contributed by atoms with E-state index in [4.69, 9.17) is 5.11 Å². The Morgan fingerprint density at radius 3 is 2.44 bits per heavy atom. The number of benzene rings is 1. The molecule has 1 aromatic carbocycles. The summed E-state index contributed by atoms with van der Waals surface area (Å²) in [5, 5.41) is 19.4. The van der Waals surface area contributed by atoms with Gasteiger partial charge >= 0.3 is 6.16 Å². The molecule has 0 unspecified atom stereocenters. The molecule has 0 radical (unpaired) electrons. The lowest BCUT2D eigenvalue weighted by Gasteiger charge is -2.35. The third-order valence-electron chi connectivity index (χ3n) is 3.32. The van der Waals surface area contributed by atoms with Crippen molar-refractivity contribution in [2.45, 2.75) is 18.3 Å².